The molecule has 3 aliphatic heterocycles. The van der Waals surface area contributed by atoms with Gasteiger partial charge in [0.15, 0.2) is 0 Å². The predicted molar refractivity (Wildman–Crippen MR) is 187 cm³/mol. The molecule has 10 nitrogen and oxygen atoms in total. The summed E-state index contributed by atoms with van der Waals surface area (Å²) in [5, 5.41) is 8.01. The predicted octanol–water partition coefficient (Wildman–Crippen LogP) is 3.56. The molecule has 2 N–H and O–H groups in total. The number of aryl methyl sites for hydroxylation is 1. The summed E-state index contributed by atoms with van der Waals surface area (Å²) >= 11 is 7.43. The number of amidine groups is 1. The van der Waals surface area contributed by atoms with Crippen molar-refractivity contribution in [1.82, 2.24) is 10.6 Å². The van der Waals surface area contributed by atoms with E-state index < -0.39 is 27.4 Å². The number of imide groups is 1. The molecule has 5 heterocycles. The van der Waals surface area contributed by atoms with E-state index in [1.807, 2.05) is 49.4 Å². The Balaban J connectivity index is 1.02. The van der Waals surface area contributed by atoms with Gasteiger partial charge in [0.25, 0.3) is 0 Å². The van der Waals surface area contributed by atoms with Crippen molar-refractivity contribution in [3.05, 3.63) is 90.7 Å². The Morgan fingerprint density at radius 2 is 2.00 bits per heavy atom. The minimum atomic E-state index is -0.546. The molecule has 0 aliphatic carbocycles. The Labute approximate surface area is 303 Å². The van der Waals surface area contributed by atoms with Crippen molar-refractivity contribution in [1.29, 1.82) is 0 Å². The fourth-order valence-corrected chi connectivity index (χ4v) is 9.42. The van der Waals surface area contributed by atoms with E-state index in [9.17, 15) is 14.4 Å². The first kappa shape index (κ1) is 33.5. The van der Waals surface area contributed by atoms with Crippen molar-refractivity contribution in [3.63, 3.8) is 0 Å². The number of hydrogen-bond acceptors (Lipinski definition) is 9. The molecule has 2 atom stereocenters. The third kappa shape index (κ3) is 6.78. The molecule has 2 aromatic heterocycles. The minimum absolute atomic E-state index is 0.0877. The molecule has 4 aromatic rings. The van der Waals surface area contributed by atoms with Crippen molar-refractivity contribution in [3.8, 4) is 5.75 Å². The zero-order valence-electron chi connectivity index (χ0n) is 27.1. The van der Waals surface area contributed by atoms with Gasteiger partial charge in [-0.15, -0.1) is 0 Å². The van der Waals surface area contributed by atoms with E-state index in [1.54, 1.807) is 17.6 Å². The first-order valence-corrected chi connectivity index (χ1v) is 19.4. The van der Waals surface area contributed by atoms with Crippen LogP contribution in [-0.2, 0) is 14.4 Å². The number of nitrogens with one attached hydrogen (secondary N) is 2. The molecule has 3 aliphatic rings. The SMILES string of the molecule is CC1=N[I-]C=C2[C@H](CC(=O)NCCCOc3ccc4occ(C5CCC(=O)NC5=O)c4c3)N=C(c3ccc(Cl)cc3)c3c(sc(C)c3C)N21. The number of thiophene rings is 1. The average Bonchev–Trinajstić information content (AvgIpc) is 3.58. The van der Waals surface area contributed by atoms with Gasteiger partial charge in [-0.3, -0.25) is 14.9 Å². The second kappa shape index (κ2) is 14.1. The van der Waals surface area contributed by atoms with Crippen LogP contribution in [0.2, 0.25) is 5.02 Å². The average molecular weight is 811 g/mol. The number of ether oxygens (including phenoxy) is 1. The number of furan rings is 1. The molecule has 0 spiro atoms. The summed E-state index contributed by atoms with van der Waals surface area (Å²) in [5.41, 5.74) is 6.46. The van der Waals surface area contributed by atoms with E-state index in [4.69, 9.17) is 29.0 Å². The number of aliphatic imine (C=N–C) groups is 1. The zero-order valence-corrected chi connectivity index (χ0v) is 30.9. The van der Waals surface area contributed by atoms with Gasteiger partial charge in [-0.05, 0) is 12.5 Å². The Morgan fingerprint density at radius 3 is 2.80 bits per heavy atom. The monoisotopic (exact) mass is 810 g/mol. The standard InChI is InChI=1S/C36H34ClIN5O5S/c1-19-20(2)49-36-33(19)34(22-5-7-23(37)8-6-22)40-28(29-17-38-42-21(3)43(29)36)16-32(45)39-13-4-14-47-24-9-11-30-26(15-24)27(18-48-30)25-10-12-31(44)41-35(25)46/h5-9,11,15,17-18,25,28H,4,10,12-14,16H2,1-3H3,(H,39,45)(H,41,44,46)/q-1/t25?,28-/m0/s1. The maximum absolute atomic E-state index is 13.4. The van der Waals surface area contributed by atoms with Crippen molar-refractivity contribution < 1.29 is 45.0 Å². The Bertz CT molecular complexity index is 2070. The second-order valence-electron chi connectivity index (χ2n) is 12.2. The van der Waals surface area contributed by atoms with Crippen LogP contribution in [0.3, 0.4) is 0 Å². The summed E-state index contributed by atoms with van der Waals surface area (Å²) in [6.45, 7) is 7.12. The van der Waals surface area contributed by atoms with Crippen LogP contribution in [0.1, 0.15) is 65.7 Å². The summed E-state index contributed by atoms with van der Waals surface area (Å²) in [5.74, 6) is 0.472. The van der Waals surface area contributed by atoms with E-state index in [1.165, 1.54) is 10.4 Å². The van der Waals surface area contributed by atoms with Gasteiger partial charge in [-0.25, -0.2) is 0 Å². The normalized spacial score (nSPS) is 19.1. The Hall–Kier alpha value is -4.01. The van der Waals surface area contributed by atoms with Crippen LogP contribution in [0.15, 0.2) is 71.1 Å². The van der Waals surface area contributed by atoms with E-state index >= 15 is 0 Å². The van der Waals surface area contributed by atoms with E-state index in [2.05, 4.69) is 33.5 Å². The molecule has 13 heteroatoms. The number of nitrogens with zero attached hydrogens (tertiary/aromatic N) is 3. The third-order valence-electron chi connectivity index (χ3n) is 8.94. The van der Waals surface area contributed by atoms with Crippen LogP contribution in [0.4, 0.5) is 5.00 Å². The number of rotatable bonds is 9. The summed E-state index contributed by atoms with van der Waals surface area (Å²) in [6.07, 6.45) is 3.12. The molecule has 0 radical (unpaired) electrons. The van der Waals surface area contributed by atoms with E-state index in [0.717, 1.165) is 44.3 Å². The van der Waals surface area contributed by atoms with E-state index in [-0.39, 0.29) is 30.2 Å². The summed E-state index contributed by atoms with van der Waals surface area (Å²) in [7, 11) is 0. The molecule has 2 aromatic carbocycles. The fourth-order valence-electron chi connectivity index (χ4n) is 6.33. The number of anilines is 1. The molecule has 0 bridgehead atoms. The molecule has 1 unspecified atom stereocenters. The van der Waals surface area contributed by atoms with Crippen LogP contribution < -0.4 is 41.7 Å². The maximum atomic E-state index is 13.4. The van der Waals surface area contributed by atoms with Gasteiger partial charge >= 0.3 is 226 Å². The number of hydrogen-bond donors (Lipinski definition) is 2. The summed E-state index contributed by atoms with van der Waals surface area (Å²) in [6, 6.07) is 12.8. The van der Waals surface area contributed by atoms with Crippen molar-refractivity contribution >= 4 is 68.2 Å². The first-order chi connectivity index (χ1) is 23.7. The molecule has 0 saturated carbocycles. The van der Waals surface area contributed by atoms with Gasteiger partial charge in [0.05, 0.1) is 12.2 Å². The molecule has 254 valence electrons. The zero-order chi connectivity index (χ0) is 34.2. The van der Waals surface area contributed by atoms with Crippen LogP contribution in [0.25, 0.3) is 11.0 Å². The van der Waals surface area contributed by atoms with Crippen LogP contribution >= 0.6 is 22.9 Å². The number of carbonyl (C=O) groups is 3. The second-order valence-corrected chi connectivity index (χ2v) is 15.5. The molecule has 1 fully saturated rings. The van der Waals surface area contributed by atoms with Crippen molar-refractivity contribution in [2.24, 2.45) is 8.20 Å². The summed E-state index contributed by atoms with van der Waals surface area (Å²) < 4.78 is 18.7. The number of amides is 3. The van der Waals surface area contributed by atoms with Gasteiger partial charge in [0, 0.05) is 17.4 Å². The molecule has 1 saturated heterocycles. The molecular weight excluding hydrogens is 777 g/mol. The number of fused-ring (bicyclic) bond motifs is 4. The molecule has 49 heavy (non-hydrogen) atoms. The third-order valence-corrected chi connectivity index (χ3v) is 12.3. The van der Waals surface area contributed by atoms with Crippen molar-refractivity contribution in [2.45, 2.75) is 58.4 Å². The van der Waals surface area contributed by atoms with Gasteiger partial charge in [0.1, 0.15) is 5.58 Å². The number of benzene rings is 2. The van der Waals surface area contributed by atoms with Gasteiger partial charge in [-0.2, -0.15) is 0 Å². The van der Waals surface area contributed by atoms with Gasteiger partial charge in [0.2, 0.25) is 11.8 Å². The van der Waals surface area contributed by atoms with Crippen molar-refractivity contribution in [2.75, 3.05) is 18.1 Å². The van der Waals surface area contributed by atoms with Crippen LogP contribution in [0.5, 0.6) is 5.75 Å². The topological polar surface area (TPSA) is 126 Å². The quantitative estimate of drug-likeness (QED) is 0.152. The first-order valence-electron chi connectivity index (χ1n) is 16.0. The Kier molecular flexibility index (Phi) is 9.62. The number of halogens is 2. The van der Waals surface area contributed by atoms with Gasteiger partial charge < -0.3 is 4.42 Å². The molecular formula is C36H34ClIN5O5S-. The number of carbonyl (C=O) groups excluding carboxylic acids is 3. The summed E-state index contributed by atoms with van der Waals surface area (Å²) in [4.78, 5) is 46.2. The van der Waals surface area contributed by atoms with E-state index in [0.29, 0.717) is 48.8 Å². The van der Waals surface area contributed by atoms with Gasteiger partial charge in [-0.1, -0.05) is 0 Å². The molecule has 7 rings (SSSR count). The van der Waals surface area contributed by atoms with Crippen LogP contribution in [0, 0.1) is 13.8 Å². The number of piperidine rings is 1. The Morgan fingerprint density at radius 1 is 1.18 bits per heavy atom. The van der Waals surface area contributed by atoms with Crippen LogP contribution in [-0.4, -0.2) is 48.5 Å². The molecule has 3 amide bonds. The fraction of sp³-hybridized carbons (Fsp3) is 0.306.